The van der Waals surface area contributed by atoms with Gasteiger partial charge in [-0.15, -0.1) is 0 Å². The fourth-order valence-corrected chi connectivity index (χ4v) is 2.98. The van der Waals surface area contributed by atoms with Crippen LogP contribution in [0.4, 0.5) is 0 Å². The Bertz CT molecular complexity index is 679. The second kappa shape index (κ2) is 5.93. The Balaban J connectivity index is 1.82. The molecule has 0 aliphatic carbocycles. The van der Waals surface area contributed by atoms with E-state index in [1.807, 2.05) is 49.1 Å². The summed E-state index contributed by atoms with van der Waals surface area (Å²) in [5.41, 5.74) is 11.0. The summed E-state index contributed by atoms with van der Waals surface area (Å²) in [6, 6.07) is 16.3. The number of nitrogens with zero attached hydrogens (tertiary/aromatic N) is 1. The second-order valence-electron chi connectivity index (χ2n) is 6.27. The lowest BCUT2D eigenvalue weighted by Gasteiger charge is -2.17. The SMILES string of the molecule is CC(C)C(=O)N1Cc2ccc(C(N)c3ccccc3)cc2C1. The van der Waals surface area contributed by atoms with Crippen molar-refractivity contribution in [3.63, 3.8) is 0 Å². The van der Waals surface area contributed by atoms with Crippen molar-refractivity contribution in [3.05, 3.63) is 70.8 Å². The van der Waals surface area contributed by atoms with E-state index in [0.29, 0.717) is 13.1 Å². The van der Waals surface area contributed by atoms with Crippen LogP contribution in [0.2, 0.25) is 0 Å². The van der Waals surface area contributed by atoms with Crippen LogP contribution in [0.25, 0.3) is 0 Å². The third-order valence-electron chi connectivity index (χ3n) is 4.28. The van der Waals surface area contributed by atoms with E-state index in [-0.39, 0.29) is 17.9 Å². The maximum atomic E-state index is 12.2. The minimum absolute atomic E-state index is 0.0420. The van der Waals surface area contributed by atoms with Gasteiger partial charge in [0, 0.05) is 19.0 Å². The maximum absolute atomic E-state index is 12.2. The Labute approximate surface area is 131 Å². The van der Waals surface area contributed by atoms with Gasteiger partial charge >= 0.3 is 0 Å². The van der Waals surface area contributed by atoms with E-state index < -0.39 is 0 Å². The molecule has 0 spiro atoms. The lowest BCUT2D eigenvalue weighted by Crippen LogP contribution is -2.29. The molecule has 1 heterocycles. The van der Waals surface area contributed by atoms with Crippen molar-refractivity contribution in [2.75, 3.05) is 0 Å². The summed E-state index contributed by atoms with van der Waals surface area (Å²) in [6.45, 7) is 5.30. The maximum Gasteiger partial charge on any atom is 0.225 e. The van der Waals surface area contributed by atoms with Crippen LogP contribution in [-0.2, 0) is 17.9 Å². The first kappa shape index (κ1) is 14.8. The molecule has 0 radical (unpaired) electrons. The van der Waals surface area contributed by atoms with Crippen LogP contribution in [0.1, 0.15) is 42.1 Å². The van der Waals surface area contributed by atoms with E-state index >= 15 is 0 Å². The second-order valence-corrected chi connectivity index (χ2v) is 6.27. The Hall–Kier alpha value is -2.13. The van der Waals surface area contributed by atoms with Gasteiger partial charge in [0.2, 0.25) is 5.91 Å². The quantitative estimate of drug-likeness (QED) is 0.944. The molecule has 1 unspecified atom stereocenters. The van der Waals surface area contributed by atoms with Gasteiger partial charge in [-0.2, -0.15) is 0 Å². The highest BCUT2D eigenvalue weighted by Crippen LogP contribution is 2.28. The molecule has 0 aromatic heterocycles. The predicted octanol–water partition coefficient (Wildman–Crippen LogP) is 3.23. The number of rotatable bonds is 3. The first-order valence-electron chi connectivity index (χ1n) is 7.77. The molecule has 2 aromatic carbocycles. The third kappa shape index (κ3) is 2.77. The largest absolute Gasteiger partial charge is 0.334 e. The van der Waals surface area contributed by atoms with Crippen LogP contribution in [0.5, 0.6) is 0 Å². The molecule has 0 saturated heterocycles. The zero-order chi connectivity index (χ0) is 15.7. The van der Waals surface area contributed by atoms with Gasteiger partial charge in [0.25, 0.3) is 0 Å². The molecule has 1 aliphatic heterocycles. The van der Waals surface area contributed by atoms with Crippen LogP contribution in [0, 0.1) is 5.92 Å². The normalized spacial score (nSPS) is 15.0. The van der Waals surface area contributed by atoms with Gasteiger partial charge in [-0.1, -0.05) is 62.4 Å². The smallest absolute Gasteiger partial charge is 0.225 e. The van der Waals surface area contributed by atoms with E-state index in [1.54, 1.807) is 0 Å². The standard InChI is InChI=1S/C19H22N2O/c1-13(2)19(22)21-11-16-9-8-15(10-17(16)12-21)18(20)14-6-4-3-5-7-14/h3-10,13,18H,11-12,20H2,1-2H3. The minimum Gasteiger partial charge on any atom is -0.334 e. The zero-order valence-corrected chi connectivity index (χ0v) is 13.1. The van der Waals surface area contributed by atoms with Gasteiger partial charge in [-0.05, 0) is 22.3 Å². The molecule has 1 aliphatic rings. The molecule has 2 aromatic rings. The van der Waals surface area contributed by atoms with Crippen molar-refractivity contribution in [3.8, 4) is 0 Å². The van der Waals surface area contributed by atoms with E-state index in [1.165, 1.54) is 11.1 Å². The van der Waals surface area contributed by atoms with Crippen LogP contribution in [-0.4, -0.2) is 10.8 Å². The van der Waals surface area contributed by atoms with Crippen LogP contribution >= 0.6 is 0 Å². The molecule has 2 N–H and O–H groups in total. The average molecular weight is 294 g/mol. The van der Waals surface area contributed by atoms with Gasteiger partial charge in [-0.25, -0.2) is 0 Å². The lowest BCUT2D eigenvalue weighted by molar-refractivity contribution is -0.135. The molecule has 3 nitrogen and oxygen atoms in total. The molecular formula is C19H22N2O. The molecule has 22 heavy (non-hydrogen) atoms. The minimum atomic E-state index is -0.124. The predicted molar refractivity (Wildman–Crippen MR) is 88.0 cm³/mol. The number of carbonyl (C=O) groups is 1. The van der Waals surface area contributed by atoms with Crippen molar-refractivity contribution in [2.45, 2.75) is 33.0 Å². The molecule has 1 amide bonds. The number of nitrogens with two attached hydrogens (primary N) is 1. The average Bonchev–Trinajstić information content (AvgIpc) is 2.97. The Morgan fingerprint density at radius 2 is 1.68 bits per heavy atom. The number of benzene rings is 2. The number of carbonyl (C=O) groups excluding carboxylic acids is 1. The van der Waals surface area contributed by atoms with E-state index in [2.05, 4.69) is 18.2 Å². The van der Waals surface area contributed by atoms with Gasteiger partial charge in [0.15, 0.2) is 0 Å². The molecule has 114 valence electrons. The number of hydrogen-bond acceptors (Lipinski definition) is 2. The van der Waals surface area contributed by atoms with Gasteiger partial charge in [-0.3, -0.25) is 4.79 Å². The number of hydrogen-bond donors (Lipinski definition) is 1. The monoisotopic (exact) mass is 294 g/mol. The highest BCUT2D eigenvalue weighted by molar-refractivity contribution is 5.78. The third-order valence-corrected chi connectivity index (χ3v) is 4.28. The van der Waals surface area contributed by atoms with Crippen LogP contribution in [0.3, 0.4) is 0 Å². The summed E-state index contributed by atoms with van der Waals surface area (Å²) in [5.74, 6) is 0.255. The van der Waals surface area contributed by atoms with E-state index in [4.69, 9.17) is 5.73 Å². The molecule has 0 fully saturated rings. The summed E-state index contributed by atoms with van der Waals surface area (Å²) in [6.07, 6.45) is 0. The summed E-state index contributed by atoms with van der Waals surface area (Å²) in [4.78, 5) is 14.1. The first-order chi connectivity index (χ1) is 10.6. The molecule has 0 bridgehead atoms. The van der Waals surface area contributed by atoms with Crippen LogP contribution in [0.15, 0.2) is 48.5 Å². The van der Waals surface area contributed by atoms with Gasteiger partial charge in [0.05, 0.1) is 6.04 Å². The first-order valence-corrected chi connectivity index (χ1v) is 7.77. The highest BCUT2D eigenvalue weighted by Gasteiger charge is 2.25. The van der Waals surface area contributed by atoms with Crippen molar-refractivity contribution >= 4 is 5.91 Å². The Morgan fingerprint density at radius 1 is 1.00 bits per heavy atom. The number of amides is 1. The summed E-state index contributed by atoms with van der Waals surface area (Å²) in [7, 11) is 0. The molecular weight excluding hydrogens is 272 g/mol. The fraction of sp³-hybridized carbons (Fsp3) is 0.316. The molecule has 1 atom stereocenters. The number of fused-ring (bicyclic) bond motifs is 1. The highest BCUT2D eigenvalue weighted by atomic mass is 16.2. The van der Waals surface area contributed by atoms with Crippen LogP contribution < -0.4 is 5.73 Å². The van der Waals surface area contributed by atoms with Crippen molar-refractivity contribution in [2.24, 2.45) is 11.7 Å². The van der Waals surface area contributed by atoms with Crippen molar-refractivity contribution < 1.29 is 4.79 Å². The summed E-state index contributed by atoms with van der Waals surface area (Å²) < 4.78 is 0. The topological polar surface area (TPSA) is 46.3 Å². The summed E-state index contributed by atoms with van der Waals surface area (Å²) in [5, 5.41) is 0. The Morgan fingerprint density at radius 3 is 2.36 bits per heavy atom. The lowest BCUT2D eigenvalue weighted by atomic mass is 9.96. The van der Waals surface area contributed by atoms with Crippen molar-refractivity contribution in [1.82, 2.24) is 4.90 Å². The summed E-state index contributed by atoms with van der Waals surface area (Å²) >= 11 is 0. The molecule has 0 saturated carbocycles. The van der Waals surface area contributed by atoms with E-state index in [9.17, 15) is 4.79 Å². The molecule has 3 rings (SSSR count). The Kier molecular flexibility index (Phi) is 3.99. The van der Waals surface area contributed by atoms with Gasteiger partial charge < -0.3 is 10.6 Å². The van der Waals surface area contributed by atoms with E-state index in [0.717, 1.165) is 11.1 Å². The molecule has 3 heteroatoms. The fourth-order valence-electron chi connectivity index (χ4n) is 2.98. The van der Waals surface area contributed by atoms with Crippen molar-refractivity contribution in [1.29, 1.82) is 0 Å². The van der Waals surface area contributed by atoms with Gasteiger partial charge in [0.1, 0.15) is 0 Å². The zero-order valence-electron chi connectivity index (χ0n) is 13.1.